The molecule has 174 valence electrons. The van der Waals surface area contributed by atoms with Gasteiger partial charge in [-0.3, -0.25) is 4.79 Å². The maximum atomic E-state index is 13.4. The van der Waals surface area contributed by atoms with Crippen molar-refractivity contribution in [2.24, 2.45) is 0 Å². The molecule has 3 atom stereocenters. The number of H-pyrrole nitrogens is 1. The van der Waals surface area contributed by atoms with Gasteiger partial charge in [0.2, 0.25) is 0 Å². The highest BCUT2D eigenvalue weighted by Gasteiger charge is 2.26. The Hall–Kier alpha value is -3.75. The Bertz CT molecular complexity index is 1260. The van der Waals surface area contributed by atoms with E-state index >= 15 is 0 Å². The topological polar surface area (TPSA) is 109 Å². The molecule has 34 heavy (non-hydrogen) atoms. The summed E-state index contributed by atoms with van der Waals surface area (Å²) in [7, 11) is 0. The van der Waals surface area contributed by atoms with Crippen molar-refractivity contribution in [1.29, 1.82) is 0 Å². The second kappa shape index (κ2) is 9.62. The highest BCUT2D eigenvalue weighted by molar-refractivity contribution is 6.18. The van der Waals surface area contributed by atoms with E-state index in [-0.39, 0.29) is 17.9 Å². The first-order chi connectivity index (χ1) is 16.6. The maximum absolute atomic E-state index is 13.4. The normalized spacial score (nSPS) is 19.0. The molecule has 8 nitrogen and oxygen atoms in total. The van der Waals surface area contributed by atoms with Crippen molar-refractivity contribution in [3.05, 3.63) is 78.2 Å². The molecule has 1 aliphatic heterocycles. The quantitative estimate of drug-likeness (QED) is 0.354. The van der Waals surface area contributed by atoms with Crippen LogP contribution in [0.25, 0.3) is 11.0 Å². The molecule has 1 saturated heterocycles. The maximum Gasteiger partial charge on any atom is 0.195 e. The van der Waals surface area contributed by atoms with Gasteiger partial charge in [-0.15, -0.1) is 0 Å². The van der Waals surface area contributed by atoms with E-state index < -0.39 is 6.10 Å². The monoisotopic (exact) mass is 458 g/mol. The molecule has 0 aliphatic carbocycles. The number of rotatable bonds is 7. The van der Waals surface area contributed by atoms with E-state index in [9.17, 15) is 9.90 Å². The number of anilines is 1. The lowest BCUT2D eigenvalue weighted by molar-refractivity contribution is -0.0584. The van der Waals surface area contributed by atoms with Crippen molar-refractivity contribution in [3.63, 3.8) is 0 Å². The number of nitrogens with zero attached hydrogens (tertiary/aromatic N) is 2. The third-order valence-electron chi connectivity index (χ3n) is 6.00. The minimum atomic E-state index is -0.495. The van der Waals surface area contributed by atoms with Crippen molar-refractivity contribution in [3.8, 4) is 11.5 Å². The standard InChI is InChI=1S/C26H26N4O4/c1-16(31)22-12-9-18(14-33-22)30-26-23-21(13-27-25(23)28-15-29-26)24(32)17-7-10-20(11-8-17)34-19-5-3-2-4-6-19/h2-8,10-11,13,15-16,18,22,31H,9,12,14H2,1H3,(H2,27,28,29,30)/t16-,18+,22-/m0/s1. The van der Waals surface area contributed by atoms with Crippen LogP contribution < -0.4 is 10.1 Å². The van der Waals surface area contributed by atoms with Crippen molar-refractivity contribution < 1.29 is 19.4 Å². The van der Waals surface area contributed by atoms with E-state index in [2.05, 4.69) is 20.3 Å². The van der Waals surface area contributed by atoms with Gasteiger partial charge in [-0.2, -0.15) is 0 Å². The Morgan fingerprint density at radius 3 is 2.59 bits per heavy atom. The van der Waals surface area contributed by atoms with Crippen LogP contribution in [-0.4, -0.2) is 50.7 Å². The van der Waals surface area contributed by atoms with Gasteiger partial charge in [0.05, 0.1) is 35.8 Å². The Morgan fingerprint density at radius 2 is 1.88 bits per heavy atom. The predicted molar refractivity (Wildman–Crippen MR) is 128 cm³/mol. The van der Waals surface area contributed by atoms with Crippen LogP contribution in [0.1, 0.15) is 35.7 Å². The molecule has 0 radical (unpaired) electrons. The van der Waals surface area contributed by atoms with Gasteiger partial charge in [0.15, 0.2) is 5.78 Å². The highest BCUT2D eigenvalue weighted by atomic mass is 16.5. The molecule has 0 bridgehead atoms. The van der Waals surface area contributed by atoms with Gasteiger partial charge in [0.25, 0.3) is 0 Å². The van der Waals surface area contributed by atoms with Gasteiger partial charge < -0.3 is 24.9 Å². The zero-order valence-electron chi connectivity index (χ0n) is 18.8. The number of aromatic nitrogens is 3. The van der Waals surface area contributed by atoms with Crippen molar-refractivity contribution in [2.45, 2.75) is 38.0 Å². The van der Waals surface area contributed by atoms with Crippen molar-refractivity contribution in [2.75, 3.05) is 11.9 Å². The molecule has 0 saturated carbocycles. The Labute approximate surface area is 197 Å². The van der Waals surface area contributed by atoms with Crippen LogP contribution in [0.3, 0.4) is 0 Å². The fraction of sp³-hybridized carbons (Fsp3) is 0.269. The smallest absolute Gasteiger partial charge is 0.195 e. The number of hydrogen-bond acceptors (Lipinski definition) is 7. The van der Waals surface area contributed by atoms with E-state index in [1.54, 1.807) is 37.4 Å². The second-order valence-electron chi connectivity index (χ2n) is 8.45. The molecular weight excluding hydrogens is 432 g/mol. The number of hydrogen-bond donors (Lipinski definition) is 3. The summed E-state index contributed by atoms with van der Waals surface area (Å²) in [5.41, 5.74) is 1.62. The highest BCUT2D eigenvalue weighted by Crippen LogP contribution is 2.29. The first-order valence-electron chi connectivity index (χ1n) is 11.3. The minimum absolute atomic E-state index is 0.0281. The Balaban J connectivity index is 1.35. The Kier molecular flexibility index (Phi) is 6.24. The first kappa shape index (κ1) is 22.1. The molecule has 5 rings (SSSR count). The molecule has 0 amide bonds. The van der Waals surface area contributed by atoms with Crippen LogP contribution in [0.15, 0.2) is 67.1 Å². The van der Waals surface area contributed by atoms with Crippen LogP contribution in [0, 0.1) is 0 Å². The Morgan fingerprint density at radius 1 is 1.12 bits per heavy atom. The zero-order chi connectivity index (χ0) is 23.5. The van der Waals surface area contributed by atoms with Gasteiger partial charge in [0, 0.05) is 11.8 Å². The molecular formula is C26H26N4O4. The molecule has 8 heteroatoms. The molecule has 0 unspecified atom stereocenters. The summed E-state index contributed by atoms with van der Waals surface area (Å²) in [4.78, 5) is 25.1. The van der Waals surface area contributed by atoms with Crippen LogP contribution in [0.5, 0.6) is 11.5 Å². The lowest BCUT2D eigenvalue weighted by Gasteiger charge is -2.31. The minimum Gasteiger partial charge on any atom is -0.457 e. The summed E-state index contributed by atoms with van der Waals surface area (Å²) in [6.45, 7) is 2.20. The summed E-state index contributed by atoms with van der Waals surface area (Å²) in [5.74, 6) is 1.84. The van der Waals surface area contributed by atoms with Gasteiger partial charge in [0.1, 0.15) is 29.3 Å². The number of para-hydroxylation sites is 1. The van der Waals surface area contributed by atoms with Crippen LogP contribution in [0.2, 0.25) is 0 Å². The summed E-state index contributed by atoms with van der Waals surface area (Å²) in [6.07, 6.45) is 4.07. The summed E-state index contributed by atoms with van der Waals surface area (Å²) in [5, 5.41) is 13.8. The van der Waals surface area contributed by atoms with Crippen molar-refractivity contribution in [1.82, 2.24) is 15.0 Å². The van der Waals surface area contributed by atoms with Crippen molar-refractivity contribution >= 4 is 22.6 Å². The molecule has 4 aromatic rings. The number of benzene rings is 2. The largest absolute Gasteiger partial charge is 0.457 e. The molecule has 2 aromatic carbocycles. The predicted octanol–water partition coefficient (Wildman–Crippen LogP) is 4.32. The van der Waals surface area contributed by atoms with Crippen LogP contribution >= 0.6 is 0 Å². The number of ether oxygens (including phenoxy) is 2. The fourth-order valence-corrected chi connectivity index (χ4v) is 4.17. The molecule has 0 spiro atoms. The number of aromatic amines is 1. The van der Waals surface area contributed by atoms with Crippen LogP contribution in [-0.2, 0) is 4.74 Å². The van der Waals surface area contributed by atoms with E-state index in [0.717, 1.165) is 18.6 Å². The molecule has 1 fully saturated rings. The number of carbonyl (C=O) groups excluding carboxylic acids is 1. The fourth-order valence-electron chi connectivity index (χ4n) is 4.17. The van der Waals surface area contributed by atoms with Gasteiger partial charge in [-0.25, -0.2) is 9.97 Å². The summed E-state index contributed by atoms with van der Waals surface area (Å²) in [6, 6.07) is 16.6. The van der Waals surface area contributed by atoms with Gasteiger partial charge in [-0.1, -0.05) is 18.2 Å². The number of aliphatic hydroxyl groups excluding tert-OH is 1. The molecule has 3 N–H and O–H groups in total. The summed E-state index contributed by atoms with van der Waals surface area (Å²) >= 11 is 0. The van der Waals surface area contributed by atoms with Gasteiger partial charge >= 0.3 is 0 Å². The van der Waals surface area contributed by atoms with E-state index in [0.29, 0.717) is 40.3 Å². The van der Waals surface area contributed by atoms with E-state index in [1.807, 2.05) is 30.3 Å². The second-order valence-corrected chi connectivity index (χ2v) is 8.45. The number of aliphatic hydroxyl groups is 1. The number of carbonyl (C=O) groups is 1. The van der Waals surface area contributed by atoms with E-state index in [1.165, 1.54) is 6.33 Å². The van der Waals surface area contributed by atoms with Gasteiger partial charge in [-0.05, 0) is 56.2 Å². The lowest BCUT2D eigenvalue weighted by Crippen LogP contribution is -2.39. The number of nitrogens with one attached hydrogen (secondary N) is 2. The first-order valence-corrected chi connectivity index (χ1v) is 11.3. The average molecular weight is 459 g/mol. The summed E-state index contributed by atoms with van der Waals surface area (Å²) < 4.78 is 11.6. The van der Waals surface area contributed by atoms with E-state index in [4.69, 9.17) is 9.47 Å². The number of ketones is 1. The molecule has 1 aliphatic rings. The SMILES string of the molecule is C[C@H](O)[C@@H]1CC[C@@H](Nc2ncnc3[nH]cc(C(=O)c4ccc(Oc5ccccc5)cc4)c23)CO1. The third kappa shape index (κ3) is 4.64. The molecule has 2 aromatic heterocycles. The average Bonchev–Trinajstić information content (AvgIpc) is 3.30. The third-order valence-corrected chi connectivity index (χ3v) is 6.00. The van der Waals surface area contributed by atoms with Crippen LogP contribution in [0.4, 0.5) is 5.82 Å². The number of fused-ring (bicyclic) bond motifs is 1. The zero-order valence-corrected chi connectivity index (χ0v) is 18.8. The lowest BCUT2D eigenvalue weighted by atomic mass is 10.0. The molecule has 3 heterocycles.